The lowest BCUT2D eigenvalue weighted by Crippen LogP contribution is -1.92. The van der Waals surface area contributed by atoms with Gasteiger partial charge in [0.15, 0.2) is 0 Å². The monoisotopic (exact) mass is 510 g/mol. The lowest BCUT2D eigenvalue weighted by atomic mass is 9.84. The summed E-state index contributed by atoms with van der Waals surface area (Å²) < 4.78 is 0. The predicted octanol–water partition coefficient (Wildman–Crippen LogP) is 11.2. The maximum absolute atomic E-state index is 3.89. The molecule has 0 aliphatic heterocycles. The van der Waals surface area contributed by atoms with E-state index in [2.05, 4.69) is 147 Å². The Morgan fingerprint density at radius 2 is 1.05 bits per heavy atom. The Balaban J connectivity index is 1.43. The Kier molecular flexibility index (Phi) is 6.02. The van der Waals surface area contributed by atoms with Crippen molar-refractivity contribution >= 4 is 32.3 Å². The molecule has 0 radical (unpaired) electrons. The fourth-order valence-corrected chi connectivity index (χ4v) is 6.21. The second-order valence-electron chi connectivity index (χ2n) is 10.6. The molecule has 0 amide bonds. The van der Waals surface area contributed by atoms with E-state index in [1.54, 1.807) is 0 Å². The first kappa shape index (κ1) is 24.1. The van der Waals surface area contributed by atoms with Gasteiger partial charge in [-0.25, -0.2) is 0 Å². The number of benzene rings is 7. The van der Waals surface area contributed by atoms with E-state index < -0.39 is 0 Å². The smallest absolute Gasteiger partial charge is 0.00237 e. The number of aryl methyl sites for hydroxylation is 1. The maximum atomic E-state index is 3.89. The molecule has 0 heterocycles. The maximum Gasteiger partial charge on any atom is -0.00237 e. The second kappa shape index (κ2) is 9.98. The van der Waals surface area contributed by atoms with E-state index in [-0.39, 0.29) is 0 Å². The van der Waals surface area contributed by atoms with Gasteiger partial charge in [0.1, 0.15) is 0 Å². The highest BCUT2D eigenvalue weighted by molar-refractivity contribution is 6.22. The number of fused-ring (bicyclic) bond motifs is 3. The minimum atomic E-state index is 0.884. The molecule has 0 saturated carbocycles. The molecule has 0 heteroatoms. The quantitative estimate of drug-likeness (QED) is 0.160. The molecule has 0 bridgehead atoms. The van der Waals surface area contributed by atoms with Crippen LogP contribution in [0.25, 0.3) is 65.7 Å². The van der Waals surface area contributed by atoms with Crippen LogP contribution in [-0.2, 0) is 6.42 Å². The topological polar surface area (TPSA) is 0 Å². The fraction of sp³-hybridized carbons (Fsp3) is 0.0500. The van der Waals surface area contributed by atoms with Gasteiger partial charge in [-0.1, -0.05) is 127 Å². The van der Waals surface area contributed by atoms with Crippen molar-refractivity contribution in [2.24, 2.45) is 0 Å². The van der Waals surface area contributed by atoms with Crippen LogP contribution in [0.1, 0.15) is 11.1 Å². The summed E-state index contributed by atoms with van der Waals surface area (Å²) in [7, 11) is 0. The standard InChI is InChI=1S/C40H30/c1-3-11-28-13-10-14-29(24-28)30-20-21-32-26-33(23-22-31(32)25-30)39-35-16-6-8-18-37(35)40(34-15-5-4-12-27(34)2)38-19-9-7-17-36(38)39/h3-10,12-26H,1,11H2,2H3. The lowest BCUT2D eigenvalue weighted by molar-refractivity contribution is 1.28. The molecular weight excluding hydrogens is 480 g/mol. The number of hydrogen-bond donors (Lipinski definition) is 0. The van der Waals surface area contributed by atoms with Crippen LogP contribution >= 0.6 is 0 Å². The zero-order valence-corrected chi connectivity index (χ0v) is 22.7. The third-order valence-corrected chi connectivity index (χ3v) is 8.12. The average molecular weight is 511 g/mol. The van der Waals surface area contributed by atoms with Crippen molar-refractivity contribution in [3.05, 3.63) is 157 Å². The summed E-state index contributed by atoms with van der Waals surface area (Å²) in [6.07, 6.45) is 2.84. The molecule has 0 fully saturated rings. The van der Waals surface area contributed by atoms with Gasteiger partial charge in [-0.15, -0.1) is 6.58 Å². The molecule has 0 aromatic heterocycles. The lowest BCUT2D eigenvalue weighted by Gasteiger charge is -2.19. The molecule has 0 aliphatic rings. The molecular formula is C40H30. The van der Waals surface area contributed by atoms with Crippen LogP contribution < -0.4 is 0 Å². The highest BCUT2D eigenvalue weighted by Crippen LogP contribution is 2.44. The fourth-order valence-electron chi connectivity index (χ4n) is 6.21. The Hall–Kier alpha value is -4.94. The van der Waals surface area contributed by atoms with Crippen molar-refractivity contribution in [1.82, 2.24) is 0 Å². The number of hydrogen-bond acceptors (Lipinski definition) is 0. The van der Waals surface area contributed by atoms with E-state index in [4.69, 9.17) is 0 Å². The largest absolute Gasteiger partial charge is 0.103 e. The molecule has 0 unspecified atom stereocenters. The number of allylic oxidation sites excluding steroid dienone is 1. The first-order valence-corrected chi connectivity index (χ1v) is 13.9. The van der Waals surface area contributed by atoms with E-state index >= 15 is 0 Å². The van der Waals surface area contributed by atoms with E-state index in [0.29, 0.717) is 0 Å². The molecule has 0 atom stereocenters. The van der Waals surface area contributed by atoms with E-state index in [0.717, 1.165) is 6.42 Å². The van der Waals surface area contributed by atoms with Gasteiger partial charge in [-0.2, -0.15) is 0 Å². The summed E-state index contributed by atoms with van der Waals surface area (Å²) in [6.45, 7) is 6.10. The SMILES string of the molecule is C=CCc1cccc(-c2ccc3cc(-c4c5ccccc5c(-c5ccccc5C)c5ccccc45)ccc3c2)c1. The third kappa shape index (κ3) is 4.10. The number of rotatable bonds is 5. The highest BCUT2D eigenvalue weighted by atomic mass is 14.2. The van der Waals surface area contributed by atoms with Crippen molar-refractivity contribution in [1.29, 1.82) is 0 Å². The van der Waals surface area contributed by atoms with E-state index in [1.807, 2.05) is 6.08 Å². The van der Waals surface area contributed by atoms with Crippen LogP contribution in [0.4, 0.5) is 0 Å². The van der Waals surface area contributed by atoms with Gasteiger partial charge in [0, 0.05) is 0 Å². The molecule has 0 N–H and O–H groups in total. The van der Waals surface area contributed by atoms with Crippen molar-refractivity contribution in [3.63, 3.8) is 0 Å². The molecule has 0 nitrogen and oxygen atoms in total. The summed E-state index contributed by atoms with van der Waals surface area (Å²) in [4.78, 5) is 0. The summed E-state index contributed by atoms with van der Waals surface area (Å²) in [5, 5.41) is 7.66. The molecule has 0 aliphatic carbocycles. The molecule has 40 heavy (non-hydrogen) atoms. The molecule has 0 saturated heterocycles. The Bertz CT molecular complexity index is 2000. The minimum absolute atomic E-state index is 0.884. The van der Waals surface area contributed by atoms with Crippen LogP contribution in [-0.4, -0.2) is 0 Å². The first-order valence-electron chi connectivity index (χ1n) is 13.9. The van der Waals surface area contributed by atoms with Crippen molar-refractivity contribution in [2.75, 3.05) is 0 Å². The summed E-state index contributed by atoms with van der Waals surface area (Å²) in [5.74, 6) is 0. The van der Waals surface area contributed by atoms with Crippen LogP contribution in [0.3, 0.4) is 0 Å². The van der Waals surface area contributed by atoms with Crippen LogP contribution in [0.5, 0.6) is 0 Å². The summed E-state index contributed by atoms with van der Waals surface area (Å²) in [5.41, 5.74) is 10.2. The normalized spacial score (nSPS) is 11.3. The second-order valence-corrected chi connectivity index (χ2v) is 10.6. The van der Waals surface area contributed by atoms with Gasteiger partial charge >= 0.3 is 0 Å². The van der Waals surface area contributed by atoms with Crippen molar-refractivity contribution < 1.29 is 0 Å². The average Bonchev–Trinajstić information content (AvgIpc) is 3.00. The van der Waals surface area contributed by atoms with Crippen LogP contribution in [0.2, 0.25) is 0 Å². The van der Waals surface area contributed by atoms with Gasteiger partial charge in [-0.3, -0.25) is 0 Å². The first-order chi connectivity index (χ1) is 19.7. The predicted molar refractivity (Wildman–Crippen MR) is 174 cm³/mol. The van der Waals surface area contributed by atoms with Crippen molar-refractivity contribution in [2.45, 2.75) is 13.3 Å². The van der Waals surface area contributed by atoms with Crippen LogP contribution in [0, 0.1) is 6.92 Å². The Morgan fingerprint density at radius 3 is 1.70 bits per heavy atom. The van der Waals surface area contributed by atoms with E-state index in [9.17, 15) is 0 Å². The minimum Gasteiger partial charge on any atom is -0.103 e. The molecule has 7 rings (SSSR count). The van der Waals surface area contributed by atoms with Gasteiger partial charge in [-0.05, 0) is 102 Å². The molecule has 7 aromatic rings. The molecule has 0 spiro atoms. The zero-order chi connectivity index (χ0) is 27.1. The van der Waals surface area contributed by atoms with Gasteiger partial charge in [0.25, 0.3) is 0 Å². The Labute approximate surface area is 235 Å². The highest BCUT2D eigenvalue weighted by Gasteiger charge is 2.17. The van der Waals surface area contributed by atoms with Gasteiger partial charge in [0.05, 0.1) is 0 Å². The summed E-state index contributed by atoms with van der Waals surface area (Å²) >= 11 is 0. The summed E-state index contributed by atoms with van der Waals surface area (Å²) in [6, 6.07) is 49.0. The molecule has 190 valence electrons. The van der Waals surface area contributed by atoms with Crippen molar-refractivity contribution in [3.8, 4) is 33.4 Å². The zero-order valence-electron chi connectivity index (χ0n) is 22.7. The Morgan fingerprint density at radius 1 is 0.500 bits per heavy atom. The van der Waals surface area contributed by atoms with E-state index in [1.165, 1.54) is 76.8 Å². The van der Waals surface area contributed by atoms with Crippen LogP contribution in [0.15, 0.2) is 146 Å². The third-order valence-electron chi connectivity index (χ3n) is 8.12. The molecule has 7 aromatic carbocycles. The van der Waals surface area contributed by atoms with Gasteiger partial charge in [0.2, 0.25) is 0 Å². The van der Waals surface area contributed by atoms with Gasteiger partial charge < -0.3 is 0 Å².